The predicted molar refractivity (Wildman–Crippen MR) is 84.5 cm³/mol. The second kappa shape index (κ2) is 6.29. The first kappa shape index (κ1) is 13.5. The summed E-state index contributed by atoms with van der Waals surface area (Å²) in [6.45, 7) is 0. The fourth-order valence-corrected chi connectivity index (χ4v) is 2.13. The summed E-state index contributed by atoms with van der Waals surface area (Å²) in [5, 5.41) is 4.01. The molecule has 0 aromatic heterocycles. The quantitative estimate of drug-likeness (QED) is 0.334. The highest BCUT2D eigenvalue weighted by atomic mass is 127. The van der Waals surface area contributed by atoms with Crippen LogP contribution in [0.1, 0.15) is 5.56 Å². The van der Waals surface area contributed by atoms with Crippen molar-refractivity contribution in [1.82, 2.24) is 0 Å². The predicted octanol–water partition coefficient (Wildman–Crippen LogP) is 4.64. The number of para-hydroxylation sites is 1. The van der Waals surface area contributed by atoms with Crippen molar-refractivity contribution in [3.8, 4) is 0 Å². The lowest BCUT2D eigenvalue weighted by atomic mass is 10.2. The normalized spacial score (nSPS) is 10.8. The maximum atomic E-state index is 13.6. The summed E-state index contributed by atoms with van der Waals surface area (Å²) in [4.78, 5) is 0. The molecule has 0 unspecified atom stereocenters. The van der Waals surface area contributed by atoms with Crippen LogP contribution in [-0.4, -0.2) is 6.21 Å². The van der Waals surface area contributed by atoms with Crippen LogP contribution in [0.25, 0.3) is 0 Å². The van der Waals surface area contributed by atoms with E-state index in [1.807, 2.05) is 30.3 Å². The third-order valence-corrected chi connectivity index (χ3v) is 4.50. The van der Waals surface area contributed by atoms with E-state index >= 15 is 0 Å². The van der Waals surface area contributed by atoms with Gasteiger partial charge in [-0.15, -0.1) is 0 Å². The van der Waals surface area contributed by atoms with E-state index in [1.165, 1.54) is 12.3 Å². The van der Waals surface area contributed by atoms with Gasteiger partial charge in [0.05, 0.1) is 11.9 Å². The van der Waals surface area contributed by atoms with Crippen molar-refractivity contribution >= 4 is 50.4 Å². The number of benzene rings is 2. The van der Waals surface area contributed by atoms with Gasteiger partial charge in [-0.05, 0) is 62.8 Å². The van der Waals surface area contributed by atoms with Crippen molar-refractivity contribution in [2.75, 3.05) is 5.43 Å². The van der Waals surface area contributed by atoms with Gasteiger partial charge in [-0.1, -0.05) is 18.2 Å². The summed E-state index contributed by atoms with van der Waals surface area (Å²) in [5.74, 6) is -0.305. The zero-order valence-corrected chi connectivity index (χ0v) is 12.9. The summed E-state index contributed by atoms with van der Waals surface area (Å²) in [5.41, 5.74) is 4.16. The maximum absolute atomic E-state index is 13.6. The number of nitrogens with one attached hydrogen (secondary N) is 1. The van der Waals surface area contributed by atoms with Gasteiger partial charge in [-0.2, -0.15) is 5.10 Å². The van der Waals surface area contributed by atoms with Crippen molar-refractivity contribution in [3.05, 3.63) is 61.9 Å². The van der Waals surface area contributed by atoms with Crippen LogP contribution in [0.5, 0.6) is 0 Å². The van der Waals surface area contributed by atoms with Gasteiger partial charge in [0, 0.05) is 13.6 Å². The van der Waals surface area contributed by atoms with Gasteiger partial charge in [0.1, 0.15) is 5.82 Å². The molecule has 0 fully saturated rings. The first-order chi connectivity index (χ1) is 8.66. The molecule has 2 rings (SSSR count). The lowest BCUT2D eigenvalue weighted by Crippen LogP contribution is -1.94. The fraction of sp³-hybridized carbons (Fsp3) is 0. The lowest BCUT2D eigenvalue weighted by Gasteiger charge is -2.02. The van der Waals surface area contributed by atoms with Crippen molar-refractivity contribution in [2.45, 2.75) is 0 Å². The minimum atomic E-state index is -0.305. The van der Waals surface area contributed by atoms with Crippen LogP contribution in [0.15, 0.2) is 52.0 Å². The van der Waals surface area contributed by atoms with E-state index in [0.29, 0.717) is 5.56 Å². The molecule has 0 atom stereocenters. The molecule has 18 heavy (non-hydrogen) atoms. The number of hydrogen-bond acceptors (Lipinski definition) is 2. The second-order valence-electron chi connectivity index (χ2n) is 3.52. The highest BCUT2D eigenvalue weighted by Crippen LogP contribution is 2.22. The molecule has 0 saturated heterocycles. The van der Waals surface area contributed by atoms with Crippen LogP contribution in [0.4, 0.5) is 10.1 Å². The number of hydrazone groups is 1. The Bertz CT molecular complexity index is 573. The average molecular weight is 419 g/mol. The van der Waals surface area contributed by atoms with Crippen molar-refractivity contribution in [1.29, 1.82) is 0 Å². The van der Waals surface area contributed by atoms with E-state index in [4.69, 9.17) is 0 Å². The second-order valence-corrected chi connectivity index (χ2v) is 5.54. The molecule has 0 heterocycles. The van der Waals surface area contributed by atoms with Gasteiger partial charge >= 0.3 is 0 Å². The van der Waals surface area contributed by atoms with Crippen molar-refractivity contribution in [2.24, 2.45) is 5.10 Å². The zero-order valence-electron chi connectivity index (χ0n) is 9.20. The van der Waals surface area contributed by atoms with Gasteiger partial charge in [0.2, 0.25) is 0 Å². The van der Waals surface area contributed by atoms with Crippen molar-refractivity contribution in [3.63, 3.8) is 0 Å². The van der Waals surface area contributed by atoms with E-state index in [9.17, 15) is 4.39 Å². The van der Waals surface area contributed by atoms with Crippen LogP contribution < -0.4 is 5.43 Å². The monoisotopic (exact) mass is 418 g/mol. The van der Waals surface area contributed by atoms with Crippen molar-refractivity contribution < 1.29 is 4.39 Å². The van der Waals surface area contributed by atoms with Crippen LogP contribution in [0.3, 0.4) is 0 Å². The zero-order chi connectivity index (χ0) is 13.0. The van der Waals surface area contributed by atoms with E-state index in [0.717, 1.165) is 13.7 Å². The number of nitrogens with zero attached hydrogens (tertiary/aromatic N) is 1. The SMILES string of the molecule is Fc1cc(Br)c(I)cc1C=NNc1ccccc1. The molecule has 0 saturated carbocycles. The summed E-state index contributed by atoms with van der Waals surface area (Å²) in [6, 6.07) is 12.7. The molecule has 2 nitrogen and oxygen atoms in total. The van der Waals surface area contributed by atoms with Gasteiger partial charge < -0.3 is 0 Å². The Labute approximate surface area is 127 Å². The van der Waals surface area contributed by atoms with Gasteiger partial charge in [-0.25, -0.2) is 4.39 Å². The molecule has 1 N–H and O–H groups in total. The summed E-state index contributed by atoms with van der Waals surface area (Å²) < 4.78 is 15.3. The minimum absolute atomic E-state index is 0.305. The Morgan fingerprint density at radius 1 is 1.22 bits per heavy atom. The standard InChI is InChI=1S/C13H9BrFIN2/c14-11-7-12(15)9(6-13(11)16)8-17-18-10-4-2-1-3-5-10/h1-8,18H. The van der Waals surface area contributed by atoms with Gasteiger partial charge in [-0.3, -0.25) is 5.43 Å². The fourth-order valence-electron chi connectivity index (χ4n) is 1.33. The molecule has 0 bridgehead atoms. The molecule has 0 aliphatic rings. The third kappa shape index (κ3) is 3.52. The summed E-state index contributed by atoms with van der Waals surface area (Å²) >= 11 is 5.41. The molecular formula is C13H9BrFIN2. The number of anilines is 1. The van der Waals surface area contributed by atoms with Gasteiger partial charge in [0.15, 0.2) is 0 Å². The molecule has 2 aromatic rings. The highest BCUT2D eigenvalue weighted by Gasteiger charge is 2.04. The van der Waals surface area contributed by atoms with Gasteiger partial charge in [0.25, 0.3) is 0 Å². The first-order valence-corrected chi connectivity index (χ1v) is 7.02. The highest BCUT2D eigenvalue weighted by molar-refractivity contribution is 14.1. The van der Waals surface area contributed by atoms with E-state index in [1.54, 1.807) is 6.07 Å². The molecule has 0 aliphatic carbocycles. The molecule has 5 heteroatoms. The molecule has 0 amide bonds. The Hall–Kier alpha value is -0.950. The molecule has 92 valence electrons. The Balaban J connectivity index is 2.12. The number of halogens is 3. The summed E-state index contributed by atoms with van der Waals surface area (Å²) in [6.07, 6.45) is 1.47. The average Bonchev–Trinajstić information content (AvgIpc) is 2.37. The Kier molecular flexibility index (Phi) is 4.71. The molecular weight excluding hydrogens is 410 g/mol. The Morgan fingerprint density at radius 2 is 1.94 bits per heavy atom. The number of hydrogen-bond donors (Lipinski definition) is 1. The summed E-state index contributed by atoms with van der Waals surface area (Å²) in [7, 11) is 0. The first-order valence-electron chi connectivity index (χ1n) is 5.15. The molecule has 0 aliphatic heterocycles. The maximum Gasteiger partial charge on any atom is 0.133 e. The Morgan fingerprint density at radius 3 is 2.67 bits per heavy atom. The van der Waals surface area contributed by atoms with E-state index in [2.05, 4.69) is 49.0 Å². The number of rotatable bonds is 3. The van der Waals surface area contributed by atoms with Crippen LogP contribution >= 0.6 is 38.5 Å². The van der Waals surface area contributed by atoms with E-state index < -0.39 is 0 Å². The molecule has 2 aromatic carbocycles. The van der Waals surface area contributed by atoms with Crippen LogP contribution in [-0.2, 0) is 0 Å². The van der Waals surface area contributed by atoms with Crippen LogP contribution in [0, 0.1) is 9.39 Å². The minimum Gasteiger partial charge on any atom is -0.279 e. The third-order valence-electron chi connectivity index (χ3n) is 2.21. The smallest absolute Gasteiger partial charge is 0.133 e. The van der Waals surface area contributed by atoms with E-state index in [-0.39, 0.29) is 5.82 Å². The molecule has 0 spiro atoms. The molecule has 0 radical (unpaired) electrons. The van der Waals surface area contributed by atoms with Crippen LogP contribution in [0.2, 0.25) is 0 Å². The topological polar surface area (TPSA) is 24.4 Å². The lowest BCUT2D eigenvalue weighted by molar-refractivity contribution is 0.624. The largest absolute Gasteiger partial charge is 0.279 e.